The van der Waals surface area contributed by atoms with Crippen LogP contribution in [0.5, 0.6) is 5.75 Å². The van der Waals surface area contributed by atoms with Crippen LogP contribution in [-0.4, -0.2) is 17.5 Å². The molecular formula is C17H15ClN2O3S. The number of hydrogen-bond acceptors (Lipinski definition) is 5. The van der Waals surface area contributed by atoms with Crippen molar-refractivity contribution in [2.75, 3.05) is 6.61 Å². The summed E-state index contributed by atoms with van der Waals surface area (Å²) in [5, 5.41) is 6.29. The molecule has 3 rings (SSSR count). The Morgan fingerprint density at radius 2 is 2.08 bits per heavy atom. The fourth-order valence-corrected chi connectivity index (χ4v) is 2.73. The molecule has 0 aliphatic heterocycles. The van der Waals surface area contributed by atoms with E-state index in [4.69, 9.17) is 20.8 Å². The molecule has 3 aromatic rings. The Balaban J connectivity index is 1.48. The van der Waals surface area contributed by atoms with Crippen LogP contribution in [0.1, 0.15) is 10.8 Å². The van der Waals surface area contributed by atoms with Gasteiger partial charge in [-0.1, -0.05) is 11.6 Å². The Hall–Kier alpha value is -2.31. The van der Waals surface area contributed by atoms with Crippen LogP contribution < -0.4 is 10.1 Å². The first-order valence-corrected chi connectivity index (χ1v) is 8.52. The van der Waals surface area contributed by atoms with Gasteiger partial charge in [0, 0.05) is 10.4 Å². The van der Waals surface area contributed by atoms with Crippen molar-refractivity contribution in [2.45, 2.75) is 13.5 Å². The highest BCUT2D eigenvalue weighted by Gasteiger charge is 2.09. The molecule has 24 heavy (non-hydrogen) atoms. The number of nitrogens with one attached hydrogen (secondary N) is 1. The van der Waals surface area contributed by atoms with E-state index in [1.807, 2.05) is 24.4 Å². The molecule has 0 bridgehead atoms. The zero-order valence-electron chi connectivity index (χ0n) is 12.9. The lowest BCUT2D eigenvalue weighted by Gasteiger charge is -2.06. The topological polar surface area (TPSA) is 64.4 Å². The van der Waals surface area contributed by atoms with Gasteiger partial charge in [0.25, 0.3) is 5.91 Å². The summed E-state index contributed by atoms with van der Waals surface area (Å²) in [6.45, 7) is 2.17. The minimum Gasteiger partial charge on any atom is -0.484 e. The van der Waals surface area contributed by atoms with Crippen molar-refractivity contribution in [1.29, 1.82) is 0 Å². The smallest absolute Gasteiger partial charge is 0.258 e. The van der Waals surface area contributed by atoms with Gasteiger partial charge in [-0.15, -0.1) is 11.3 Å². The third-order valence-electron chi connectivity index (χ3n) is 3.18. The molecular weight excluding hydrogens is 348 g/mol. The number of carbonyl (C=O) groups excluding carboxylic acids is 1. The third-order valence-corrected chi connectivity index (χ3v) is 4.20. The van der Waals surface area contributed by atoms with Crippen LogP contribution in [0.3, 0.4) is 0 Å². The highest BCUT2D eigenvalue weighted by molar-refractivity contribution is 7.09. The molecule has 0 aliphatic rings. The lowest BCUT2D eigenvalue weighted by atomic mass is 10.3. The average Bonchev–Trinajstić information content (AvgIpc) is 3.21. The van der Waals surface area contributed by atoms with Crippen LogP contribution in [0.25, 0.3) is 11.5 Å². The van der Waals surface area contributed by atoms with Crippen molar-refractivity contribution in [2.24, 2.45) is 0 Å². The van der Waals surface area contributed by atoms with E-state index in [9.17, 15) is 4.79 Å². The van der Waals surface area contributed by atoms with Crippen molar-refractivity contribution in [3.8, 4) is 17.2 Å². The molecule has 0 spiro atoms. The number of nitrogens with zero attached hydrogens (tertiary/aromatic N) is 1. The molecule has 7 heteroatoms. The maximum absolute atomic E-state index is 11.8. The largest absolute Gasteiger partial charge is 0.484 e. The number of thiazole rings is 1. The molecule has 0 aliphatic carbocycles. The number of aryl methyl sites for hydroxylation is 1. The van der Waals surface area contributed by atoms with E-state index in [0.717, 1.165) is 10.7 Å². The SMILES string of the molecule is Cc1nc(-c2ccc(CNC(=O)COc3ccc(Cl)cc3)o2)cs1. The highest BCUT2D eigenvalue weighted by atomic mass is 35.5. The molecule has 5 nitrogen and oxygen atoms in total. The molecule has 2 aromatic heterocycles. The van der Waals surface area contributed by atoms with Crippen molar-refractivity contribution < 1.29 is 13.9 Å². The summed E-state index contributed by atoms with van der Waals surface area (Å²) in [6, 6.07) is 10.5. The normalized spacial score (nSPS) is 10.6. The highest BCUT2D eigenvalue weighted by Crippen LogP contribution is 2.23. The second-order valence-corrected chi connectivity index (χ2v) is 6.54. The zero-order chi connectivity index (χ0) is 16.9. The van der Waals surface area contributed by atoms with Gasteiger partial charge >= 0.3 is 0 Å². The van der Waals surface area contributed by atoms with Gasteiger partial charge in [-0.05, 0) is 43.3 Å². The van der Waals surface area contributed by atoms with E-state index >= 15 is 0 Å². The summed E-state index contributed by atoms with van der Waals surface area (Å²) >= 11 is 7.36. The van der Waals surface area contributed by atoms with Crippen LogP contribution in [-0.2, 0) is 11.3 Å². The van der Waals surface area contributed by atoms with Gasteiger partial charge in [-0.25, -0.2) is 4.98 Å². The number of rotatable bonds is 6. The number of amides is 1. The number of hydrogen-bond donors (Lipinski definition) is 1. The van der Waals surface area contributed by atoms with Crippen LogP contribution in [0.2, 0.25) is 5.02 Å². The zero-order valence-corrected chi connectivity index (χ0v) is 14.5. The molecule has 0 atom stereocenters. The van der Waals surface area contributed by atoms with E-state index in [0.29, 0.717) is 28.8 Å². The molecule has 0 radical (unpaired) electrons. The molecule has 1 N–H and O–H groups in total. The minimum atomic E-state index is -0.229. The van der Waals surface area contributed by atoms with Gasteiger partial charge in [-0.2, -0.15) is 0 Å². The first-order chi connectivity index (χ1) is 11.6. The second-order valence-electron chi connectivity index (χ2n) is 5.04. The van der Waals surface area contributed by atoms with Crippen LogP contribution in [0, 0.1) is 6.92 Å². The molecule has 1 aromatic carbocycles. The van der Waals surface area contributed by atoms with Gasteiger partial charge in [0.2, 0.25) is 0 Å². The lowest BCUT2D eigenvalue weighted by molar-refractivity contribution is -0.123. The molecule has 0 unspecified atom stereocenters. The predicted octanol–water partition coefficient (Wildman–Crippen LogP) is 4.06. The van der Waals surface area contributed by atoms with E-state index in [1.54, 1.807) is 35.6 Å². The quantitative estimate of drug-likeness (QED) is 0.718. The first kappa shape index (κ1) is 16.5. The third kappa shape index (κ3) is 4.37. The Labute approximate surface area is 148 Å². The Bertz CT molecular complexity index is 826. The first-order valence-electron chi connectivity index (χ1n) is 7.26. The van der Waals surface area contributed by atoms with Gasteiger partial charge in [0.05, 0.1) is 11.6 Å². The summed E-state index contributed by atoms with van der Waals surface area (Å²) in [4.78, 5) is 16.2. The number of aromatic nitrogens is 1. The lowest BCUT2D eigenvalue weighted by Crippen LogP contribution is -2.28. The fourth-order valence-electron chi connectivity index (χ4n) is 2.00. The maximum atomic E-state index is 11.8. The molecule has 1 amide bonds. The van der Waals surface area contributed by atoms with Crippen LogP contribution in [0.15, 0.2) is 46.2 Å². The monoisotopic (exact) mass is 362 g/mol. The number of carbonyl (C=O) groups is 1. The van der Waals surface area contributed by atoms with Crippen molar-refractivity contribution >= 4 is 28.8 Å². The summed E-state index contributed by atoms with van der Waals surface area (Å²) < 4.78 is 11.1. The minimum absolute atomic E-state index is 0.0690. The number of furan rings is 1. The standard InChI is InChI=1S/C17H15ClN2O3S/c1-11-20-15(10-24-11)16-7-6-14(23-16)8-19-17(21)9-22-13-4-2-12(18)3-5-13/h2-7,10H,8-9H2,1H3,(H,19,21). The number of ether oxygens (including phenoxy) is 1. The maximum Gasteiger partial charge on any atom is 0.258 e. The summed E-state index contributed by atoms with van der Waals surface area (Å²) in [5.74, 6) is 1.72. The average molecular weight is 363 g/mol. The van der Waals surface area contributed by atoms with Crippen LogP contribution >= 0.6 is 22.9 Å². The van der Waals surface area contributed by atoms with E-state index in [2.05, 4.69) is 10.3 Å². The molecule has 0 fully saturated rings. The second kappa shape index (κ2) is 7.51. The summed E-state index contributed by atoms with van der Waals surface area (Å²) in [7, 11) is 0. The molecule has 2 heterocycles. The van der Waals surface area contributed by atoms with E-state index in [1.165, 1.54) is 0 Å². The molecule has 124 valence electrons. The summed E-state index contributed by atoms with van der Waals surface area (Å²) in [6.07, 6.45) is 0. The van der Waals surface area contributed by atoms with Crippen molar-refractivity contribution in [3.05, 3.63) is 57.6 Å². The Kier molecular flexibility index (Phi) is 5.17. The fraction of sp³-hybridized carbons (Fsp3) is 0.176. The van der Waals surface area contributed by atoms with Crippen molar-refractivity contribution in [3.63, 3.8) is 0 Å². The summed E-state index contributed by atoms with van der Waals surface area (Å²) in [5.41, 5.74) is 0.807. The van der Waals surface area contributed by atoms with Gasteiger partial charge in [-0.3, -0.25) is 4.79 Å². The molecule has 0 saturated carbocycles. The van der Waals surface area contributed by atoms with E-state index in [-0.39, 0.29) is 12.5 Å². The van der Waals surface area contributed by atoms with Crippen LogP contribution in [0.4, 0.5) is 0 Å². The predicted molar refractivity (Wildman–Crippen MR) is 93.3 cm³/mol. The Morgan fingerprint density at radius 1 is 1.29 bits per heavy atom. The molecule has 0 saturated heterocycles. The number of halogens is 1. The van der Waals surface area contributed by atoms with Gasteiger partial charge in [0.1, 0.15) is 17.2 Å². The Morgan fingerprint density at radius 3 is 2.79 bits per heavy atom. The van der Waals surface area contributed by atoms with Gasteiger partial charge < -0.3 is 14.5 Å². The number of benzene rings is 1. The van der Waals surface area contributed by atoms with Gasteiger partial charge in [0.15, 0.2) is 12.4 Å². The van der Waals surface area contributed by atoms with E-state index < -0.39 is 0 Å². The van der Waals surface area contributed by atoms with Crippen molar-refractivity contribution in [1.82, 2.24) is 10.3 Å².